The monoisotopic (exact) mass is 210 g/mol. The first-order valence-corrected chi connectivity index (χ1v) is 4.94. The van der Waals surface area contributed by atoms with E-state index < -0.39 is 5.60 Å². The highest BCUT2D eigenvalue weighted by Crippen LogP contribution is 2.13. The Morgan fingerprint density at radius 1 is 1.53 bits per heavy atom. The number of rotatable bonds is 5. The van der Waals surface area contributed by atoms with Crippen LogP contribution in [0.25, 0.3) is 0 Å². The van der Waals surface area contributed by atoms with E-state index in [0.29, 0.717) is 19.0 Å². The molecule has 0 aromatic carbocycles. The van der Waals surface area contributed by atoms with E-state index in [-0.39, 0.29) is 0 Å². The van der Waals surface area contributed by atoms with Crippen molar-refractivity contribution in [2.75, 3.05) is 13.7 Å². The van der Waals surface area contributed by atoms with Gasteiger partial charge in [-0.3, -0.25) is 0 Å². The third-order valence-electron chi connectivity index (χ3n) is 1.92. The summed E-state index contributed by atoms with van der Waals surface area (Å²) in [6.45, 7) is 4.70. The molecule has 0 saturated heterocycles. The zero-order valence-corrected chi connectivity index (χ0v) is 9.45. The van der Waals surface area contributed by atoms with Crippen LogP contribution in [0.4, 0.5) is 0 Å². The van der Waals surface area contributed by atoms with Crippen molar-refractivity contribution in [1.29, 1.82) is 0 Å². The number of aliphatic hydroxyl groups is 1. The Bertz CT molecular complexity index is 308. The summed E-state index contributed by atoms with van der Waals surface area (Å²) in [5.41, 5.74) is 0.291. The fraction of sp³-hybridized carbons (Fsp3) is 0.545. The standard InChI is InChI=1S/C11H18N2O2/c1-11(2,14)8-12-7-9-5-4-6-13-10(9)15-3/h4-6,12,14H,7-8H2,1-3H3. The SMILES string of the molecule is COc1ncccc1CNCC(C)(C)O. The van der Waals surface area contributed by atoms with Gasteiger partial charge in [0.05, 0.1) is 12.7 Å². The fourth-order valence-corrected chi connectivity index (χ4v) is 1.25. The molecule has 1 aromatic heterocycles. The Hall–Kier alpha value is -1.13. The van der Waals surface area contributed by atoms with E-state index in [0.717, 1.165) is 5.56 Å². The molecule has 15 heavy (non-hydrogen) atoms. The molecule has 0 bridgehead atoms. The van der Waals surface area contributed by atoms with Gasteiger partial charge >= 0.3 is 0 Å². The highest BCUT2D eigenvalue weighted by atomic mass is 16.5. The zero-order valence-electron chi connectivity index (χ0n) is 9.45. The molecule has 0 amide bonds. The lowest BCUT2D eigenvalue weighted by molar-refractivity contribution is 0.0794. The Kier molecular flexibility index (Phi) is 4.05. The summed E-state index contributed by atoms with van der Waals surface area (Å²) >= 11 is 0. The topological polar surface area (TPSA) is 54.4 Å². The number of hydrogen-bond acceptors (Lipinski definition) is 4. The molecule has 0 aliphatic carbocycles. The van der Waals surface area contributed by atoms with E-state index in [4.69, 9.17) is 4.74 Å². The van der Waals surface area contributed by atoms with Gasteiger partial charge in [-0.05, 0) is 19.9 Å². The maximum atomic E-state index is 9.51. The molecule has 4 nitrogen and oxygen atoms in total. The van der Waals surface area contributed by atoms with Gasteiger partial charge in [-0.15, -0.1) is 0 Å². The van der Waals surface area contributed by atoms with Gasteiger partial charge in [0.25, 0.3) is 0 Å². The summed E-state index contributed by atoms with van der Waals surface area (Å²) in [5.74, 6) is 0.626. The molecule has 1 heterocycles. The minimum atomic E-state index is -0.699. The van der Waals surface area contributed by atoms with Crippen LogP contribution in [0.2, 0.25) is 0 Å². The van der Waals surface area contributed by atoms with Gasteiger partial charge in [-0.2, -0.15) is 0 Å². The smallest absolute Gasteiger partial charge is 0.217 e. The van der Waals surface area contributed by atoms with Crippen molar-refractivity contribution in [2.45, 2.75) is 26.0 Å². The second-order valence-corrected chi connectivity index (χ2v) is 4.09. The molecular formula is C11H18N2O2. The molecular weight excluding hydrogens is 192 g/mol. The minimum Gasteiger partial charge on any atom is -0.481 e. The first kappa shape index (κ1) is 11.9. The van der Waals surface area contributed by atoms with E-state index in [2.05, 4.69) is 10.3 Å². The van der Waals surface area contributed by atoms with Gasteiger partial charge in [-0.25, -0.2) is 4.98 Å². The average molecular weight is 210 g/mol. The molecule has 0 saturated carbocycles. The van der Waals surface area contributed by atoms with Crippen molar-refractivity contribution < 1.29 is 9.84 Å². The van der Waals surface area contributed by atoms with Crippen molar-refractivity contribution in [3.8, 4) is 5.88 Å². The summed E-state index contributed by atoms with van der Waals surface area (Å²) in [4.78, 5) is 4.09. The van der Waals surface area contributed by atoms with Gasteiger partial charge in [-0.1, -0.05) is 6.07 Å². The number of nitrogens with one attached hydrogen (secondary N) is 1. The van der Waals surface area contributed by atoms with Gasteiger partial charge in [0.15, 0.2) is 0 Å². The number of ether oxygens (including phenoxy) is 1. The third kappa shape index (κ3) is 4.27. The van der Waals surface area contributed by atoms with Crippen LogP contribution >= 0.6 is 0 Å². The summed E-state index contributed by atoms with van der Waals surface area (Å²) in [6, 6.07) is 3.81. The zero-order chi connectivity index (χ0) is 11.3. The lowest BCUT2D eigenvalue weighted by atomic mass is 10.1. The van der Waals surface area contributed by atoms with Crippen molar-refractivity contribution in [3.05, 3.63) is 23.9 Å². The van der Waals surface area contributed by atoms with Gasteiger partial charge in [0.1, 0.15) is 0 Å². The maximum Gasteiger partial charge on any atom is 0.217 e. The van der Waals surface area contributed by atoms with E-state index in [1.807, 2.05) is 12.1 Å². The molecule has 4 heteroatoms. The molecule has 2 N–H and O–H groups in total. The Labute approximate surface area is 90.3 Å². The molecule has 84 valence electrons. The molecule has 0 spiro atoms. The van der Waals surface area contributed by atoms with Crippen molar-refractivity contribution >= 4 is 0 Å². The van der Waals surface area contributed by atoms with E-state index >= 15 is 0 Å². The number of methoxy groups -OCH3 is 1. The molecule has 1 rings (SSSR count). The number of aromatic nitrogens is 1. The van der Waals surface area contributed by atoms with Crippen molar-refractivity contribution in [2.24, 2.45) is 0 Å². The third-order valence-corrected chi connectivity index (χ3v) is 1.92. The van der Waals surface area contributed by atoms with Gasteiger partial charge in [0, 0.05) is 24.8 Å². The summed E-state index contributed by atoms with van der Waals surface area (Å²) in [5, 5.41) is 12.7. The normalized spacial score (nSPS) is 11.5. The largest absolute Gasteiger partial charge is 0.481 e. The number of hydrogen-bond donors (Lipinski definition) is 2. The van der Waals surface area contributed by atoms with Crippen LogP contribution in [0.15, 0.2) is 18.3 Å². The molecule has 1 aromatic rings. The predicted octanol–water partition coefficient (Wildman–Crippen LogP) is 0.951. The van der Waals surface area contributed by atoms with Crippen LogP contribution in [0.1, 0.15) is 19.4 Å². The van der Waals surface area contributed by atoms with E-state index in [9.17, 15) is 5.11 Å². The lowest BCUT2D eigenvalue weighted by Gasteiger charge is -2.18. The van der Waals surface area contributed by atoms with Gasteiger partial charge in [0.2, 0.25) is 5.88 Å². The predicted molar refractivity (Wildman–Crippen MR) is 58.8 cm³/mol. The molecule has 0 aliphatic rings. The molecule has 0 unspecified atom stereocenters. The van der Waals surface area contributed by atoms with Crippen LogP contribution < -0.4 is 10.1 Å². The maximum absolute atomic E-state index is 9.51. The highest BCUT2D eigenvalue weighted by Gasteiger charge is 2.11. The van der Waals surface area contributed by atoms with E-state index in [1.165, 1.54) is 0 Å². The quantitative estimate of drug-likeness (QED) is 0.759. The Morgan fingerprint density at radius 2 is 2.27 bits per heavy atom. The molecule has 0 fully saturated rings. The number of nitrogens with zero attached hydrogens (tertiary/aromatic N) is 1. The van der Waals surface area contributed by atoms with Crippen molar-refractivity contribution in [3.63, 3.8) is 0 Å². The van der Waals surface area contributed by atoms with Crippen LogP contribution in [-0.2, 0) is 6.54 Å². The summed E-state index contributed by atoms with van der Waals surface area (Å²) in [7, 11) is 1.60. The van der Waals surface area contributed by atoms with Crippen LogP contribution in [0.5, 0.6) is 5.88 Å². The highest BCUT2D eigenvalue weighted by molar-refractivity contribution is 5.24. The van der Waals surface area contributed by atoms with E-state index in [1.54, 1.807) is 27.2 Å². The van der Waals surface area contributed by atoms with Crippen LogP contribution in [0, 0.1) is 0 Å². The molecule has 0 radical (unpaired) electrons. The Balaban J connectivity index is 2.50. The lowest BCUT2D eigenvalue weighted by Crippen LogP contribution is -2.34. The number of pyridine rings is 1. The van der Waals surface area contributed by atoms with Crippen LogP contribution in [-0.4, -0.2) is 29.3 Å². The first-order chi connectivity index (χ1) is 7.03. The average Bonchev–Trinajstić information content (AvgIpc) is 2.16. The second kappa shape index (κ2) is 5.09. The fourth-order valence-electron chi connectivity index (χ4n) is 1.25. The summed E-state index contributed by atoms with van der Waals surface area (Å²) in [6.07, 6.45) is 1.69. The first-order valence-electron chi connectivity index (χ1n) is 4.94. The van der Waals surface area contributed by atoms with Crippen molar-refractivity contribution in [1.82, 2.24) is 10.3 Å². The van der Waals surface area contributed by atoms with Gasteiger partial charge < -0.3 is 15.2 Å². The second-order valence-electron chi connectivity index (χ2n) is 4.09. The molecule has 0 aliphatic heterocycles. The van der Waals surface area contributed by atoms with Crippen LogP contribution in [0.3, 0.4) is 0 Å². The summed E-state index contributed by atoms with van der Waals surface area (Å²) < 4.78 is 5.11. The minimum absolute atomic E-state index is 0.533. The molecule has 0 atom stereocenters. The Morgan fingerprint density at radius 3 is 2.87 bits per heavy atom.